The van der Waals surface area contributed by atoms with E-state index in [2.05, 4.69) is 136 Å². The first-order valence-corrected chi connectivity index (χ1v) is 14.4. The zero-order chi connectivity index (χ0) is 28.3. The number of nitrogens with zero attached hydrogens (tertiary/aromatic N) is 5. The summed E-state index contributed by atoms with van der Waals surface area (Å²) in [4.78, 5) is 4.89. The Morgan fingerprint density at radius 3 is 1.79 bits per heavy atom. The van der Waals surface area contributed by atoms with E-state index in [0.29, 0.717) is 0 Å². The molecule has 0 amide bonds. The molecule has 0 unspecified atom stereocenters. The predicted octanol–water partition coefficient (Wildman–Crippen LogP) is 9.13. The van der Waals surface area contributed by atoms with Crippen LogP contribution in [0, 0.1) is 0 Å². The molecule has 9 rings (SSSR count). The van der Waals surface area contributed by atoms with Gasteiger partial charge in [-0.3, -0.25) is 4.57 Å². The number of fused-ring (bicyclic) bond motifs is 6. The zero-order valence-electron chi connectivity index (χ0n) is 23.2. The van der Waals surface area contributed by atoms with E-state index in [1.165, 1.54) is 32.6 Å². The number of hydrogen-bond donors (Lipinski definition) is 0. The predicted molar refractivity (Wildman–Crippen MR) is 175 cm³/mol. The molecule has 4 heterocycles. The first-order valence-electron chi connectivity index (χ1n) is 14.4. The minimum absolute atomic E-state index is 0.896. The van der Waals surface area contributed by atoms with Crippen LogP contribution in [0.3, 0.4) is 0 Å². The summed E-state index contributed by atoms with van der Waals surface area (Å²) in [6, 6.07) is 47.3. The molecule has 0 fully saturated rings. The quantitative estimate of drug-likeness (QED) is 0.219. The van der Waals surface area contributed by atoms with Crippen LogP contribution < -0.4 is 0 Å². The van der Waals surface area contributed by atoms with Crippen LogP contribution in [0.4, 0.5) is 0 Å². The monoisotopic (exact) mass is 551 g/mol. The van der Waals surface area contributed by atoms with Gasteiger partial charge >= 0.3 is 0 Å². The Hall–Kier alpha value is -5.94. The molecule has 5 heteroatoms. The number of rotatable bonds is 4. The summed E-state index contributed by atoms with van der Waals surface area (Å²) in [5, 5.41) is 9.33. The van der Waals surface area contributed by atoms with Gasteiger partial charge in [0.1, 0.15) is 5.82 Å². The highest BCUT2D eigenvalue weighted by atomic mass is 15.3. The molecule has 0 radical (unpaired) electrons. The van der Waals surface area contributed by atoms with Crippen LogP contribution >= 0.6 is 0 Å². The Morgan fingerprint density at radius 1 is 0.419 bits per heavy atom. The van der Waals surface area contributed by atoms with E-state index in [4.69, 9.17) is 4.98 Å². The fourth-order valence-electron chi connectivity index (χ4n) is 6.50. The van der Waals surface area contributed by atoms with Gasteiger partial charge in [0.15, 0.2) is 0 Å². The third kappa shape index (κ3) is 3.65. The molecule has 0 saturated heterocycles. The summed E-state index contributed by atoms with van der Waals surface area (Å²) in [6.07, 6.45) is 5.70. The third-order valence-corrected chi connectivity index (χ3v) is 8.42. The van der Waals surface area contributed by atoms with Crippen molar-refractivity contribution in [1.82, 2.24) is 23.9 Å². The van der Waals surface area contributed by atoms with Crippen molar-refractivity contribution in [2.45, 2.75) is 0 Å². The van der Waals surface area contributed by atoms with Crippen molar-refractivity contribution < 1.29 is 0 Å². The molecular formula is C38H25N5. The van der Waals surface area contributed by atoms with E-state index in [-0.39, 0.29) is 0 Å². The minimum Gasteiger partial charge on any atom is -0.309 e. The van der Waals surface area contributed by atoms with Gasteiger partial charge in [0.05, 0.1) is 27.8 Å². The number of para-hydroxylation sites is 2. The molecule has 0 spiro atoms. The normalized spacial score (nSPS) is 11.7. The third-order valence-electron chi connectivity index (χ3n) is 8.42. The lowest BCUT2D eigenvalue weighted by atomic mass is 10.1. The highest BCUT2D eigenvalue weighted by Gasteiger charge is 2.17. The van der Waals surface area contributed by atoms with E-state index >= 15 is 0 Å². The second-order valence-corrected chi connectivity index (χ2v) is 10.8. The molecule has 0 bridgehead atoms. The maximum absolute atomic E-state index is 4.89. The first-order chi connectivity index (χ1) is 21.3. The highest BCUT2D eigenvalue weighted by Crippen LogP contribution is 2.37. The molecule has 0 atom stereocenters. The Kier molecular flexibility index (Phi) is 5.13. The molecular weight excluding hydrogens is 526 g/mol. The molecule has 5 aromatic carbocycles. The van der Waals surface area contributed by atoms with Crippen molar-refractivity contribution in [3.8, 4) is 28.3 Å². The summed E-state index contributed by atoms with van der Waals surface area (Å²) in [7, 11) is 0. The summed E-state index contributed by atoms with van der Waals surface area (Å²) >= 11 is 0. The van der Waals surface area contributed by atoms with Crippen LogP contribution in [-0.4, -0.2) is 23.9 Å². The molecule has 4 aromatic heterocycles. The first kappa shape index (κ1) is 23.7. The van der Waals surface area contributed by atoms with Gasteiger partial charge < -0.3 is 4.57 Å². The van der Waals surface area contributed by atoms with E-state index in [0.717, 1.165) is 39.3 Å². The minimum atomic E-state index is 0.896. The van der Waals surface area contributed by atoms with Gasteiger partial charge in [-0.2, -0.15) is 5.10 Å². The van der Waals surface area contributed by atoms with Gasteiger partial charge in [0.25, 0.3) is 0 Å². The average molecular weight is 552 g/mol. The van der Waals surface area contributed by atoms with Gasteiger partial charge in [0, 0.05) is 45.8 Å². The van der Waals surface area contributed by atoms with Gasteiger partial charge in [0.2, 0.25) is 0 Å². The molecule has 0 N–H and O–H groups in total. The average Bonchev–Trinajstić information content (AvgIpc) is 3.80. The Balaban J connectivity index is 1.33. The number of benzene rings is 5. The maximum atomic E-state index is 4.89. The summed E-state index contributed by atoms with van der Waals surface area (Å²) < 4.78 is 6.57. The second kappa shape index (κ2) is 9.29. The summed E-state index contributed by atoms with van der Waals surface area (Å²) in [6.45, 7) is 0. The Labute approximate surface area is 247 Å². The van der Waals surface area contributed by atoms with Crippen LogP contribution in [0.1, 0.15) is 0 Å². The topological polar surface area (TPSA) is 40.6 Å². The Morgan fingerprint density at radius 2 is 1.05 bits per heavy atom. The zero-order valence-corrected chi connectivity index (χ0v) is 23.2. The molecule has 0 saturated carbocycles. The largest absolute Gasteiger partial charge is 0.309 e. The number of pyridine rings is 1. The maximum Gasteiger partial charge on any atom is 0.138 e. The van der Waals surface area contributed by atoms with Gasteiger partial charge in [-0.05, 0) is 65.7 Å². The van der Waals surface area contributed by atoms with Crippen LogP contribution in [0.15, 0.2) is 152 Å². The van der Waals surface area contributed by atoms with Crippen LogP contribution in [0.5, 0.6) is 0 Å². The lowest BCUT2D eigenvalue weighted by Gasteiger charge is -2.12. The van der Waals surface area contributed by atoms with Crippen LogP contribution in [0.25, 0.3) is 71.9 Å². The highest BCUT2D eigenvalue weighted by molar-refractivity contribution is 6.12. The van der Waals surface area contributed by atoms with E-state index in [9.17, 15) is 0 Å². The second-order valence-electron chi connectivity index (χ2n) is 10.8. The fourth-order valence-corrected chi connectivity index (χ4v) is 6.50. The SMILES string of the molecule is c1ccc(-c2ccnc(-n3c4ccccc4c4ccc(-n5c6ccccc6c6ccc(-n7cccn7)cc65)cc43)c2)cc1. The molecule has 43 heavy (non-hydrogen) atoms. The number of hydrogen-bond acceptors (Lipinski definition) is 2. The lowest BCUT2D eigenvalue weighted by Crippen LogP contribution is -1.99. The summed E-state index contributed by atoms with van der Waals surface area (Å²) in [5.74, 6) is 0.896. The van der Waals surface area contributed by atoms with Crippen molar-refractivity contribution in [2.75, 3.05) is 0 Å². The molecule has 9 aromatic rings. The van der Waals surface area contributed by atoms with Crippen molar-refractivity contribution >= 4 is 43.6 Å². The van der Waals surface area contributed by atoms with Gasteiger partial charge in [-0.25, -0.2) is 9.67 Å². The van der Waals surface area contributed by atoms with Crippen LogP contribution in [-0.2, 0) is 0 Å². The van der Waals surface area contributed by atoms with Gasteiger partial charge in [-0.1, -0.05) is 78.9 Å². The van der Waals surface area contributed by atoms with Gasteiger partial charge in [-0.15, -0.1) is 0 Å². The van der Waals surface area contributed by atoms with Crippen LogP contribution in [0.2, 0.25) is 0 Å². The smallest absolute Gasteiger partial charge is 0.138 e. The van der Waals surface area contributed by atoms with E-state index < -0.39 is 0 Å². The van der Waals surface area contributed by atoms with Crippen molar-refractivity contribution in [2.24, 2.45) is 0 Å². The standard InChI is InChI=1S/C38H25N5/c1-2-9-26(10-3-1)27-19-21-39-38(23-27)43-35-14-7-5-12-31(35)33-18-16-29(25-37(33)43)42-34-13-6-4-11-30(34)32-17-15-28(24-36(32)42)41-22-8-20-40-41/h1-25H. The summed E-state index contributed by atoms with van der Waals surface area (Å²) in [5.41, 5.74) is 8.99. The molecule has 0 aliphatic carbocycles. The molecule has 0 aliphatic rings. The lowest BCUT2D eigenvalue weighted by molar-refractivity contribution is 0.881. The Bertz CT molecular complexity index is 2450. The van der Waals surface area contributed by atoms with Crippen molar-refractivity contribution in [3.63, 3.8) is 0 Å². The van der Waals surface area contributed by atoms with Crippen molar-refractivity contribution in [3.05, 3.63) is 152 Å². The molecule has 5 nitrogen and oxygen atoms in total. The molecule has 0 aliphatic heterocycles. The fraction of sp³-hybridized carbons (Fsp3) is 0. The van der Waals surface area contributed by atoms with Crippen molar-refractivity contribution in [1.29, 1.82) is 0 Å². The van der Waals surface area contributed by atoms with E-state index in [1.807, 2.05) is 35.4 Å². The number of aromatic nitrogens is 5. The molecule has 202 valence electrons. The van der Waals surface area contributed by atoms with E-state index in [1.54, 1.807) is 0 Å².